The Bertz CT molecular complexity index is 785. The molecule has 0 bridgehead atoms. The number of aliphatic imine (C=N–C) groups is 1. The Morgan fingerprint density at radius 2 is 1.90 bits per heavy atom. The lowest BCUT2D eigenvalue weighted by Crippen LogP contribution is -2.46. The maximum atomic E-state index is 13.4. The third-order valence-corrected chi connectivity index (χ3v) is 5.03. The number of benzene rings is 2. The summed E-state index contributed by atoms with van der Waals surface area (Å²) in [5, 5.41) is 7.36. The fraction of sp³-hybridized carbons (Fsp3) is 0.381. The van der Waals surface area contributed by atoms with Crippen LogP contribution in [0.25, 0.3) is 0 Å². The molecule has 1 heterocycles. The quantitative estimate of drug-likeness (QED) is 0.337. The summed E-state index contributed by atoms with van der Waals surface area (Å²) in [4.78, 5) is 6.69. The average Bonchev–Trinajstić information content (AvgIpc) is 2.72. The van der Waals surface area contributed by atoms with Crippen LogP contribution in [0.3, 0.4) is 0 Å². The van der Waals surface area contributed by atoms with E-state index in [0.717, 1.165) is 36.9 Å². The van der Waals surface area contributed by atoms with Gasteiger partial charge in [0.25, 0.3) is 0 Å². The zero-order valence-electron chi connectivity index (χ0n) is 16.4. The van der Waals surface area contributed by atoms with Gasteiger partial charge in [-0.3, -0.25) is 9.89 Å². The minimum atomic E-state index is -0.239. The largest absolute Gasteiger partial charge is 0.379 e. The van der Waals surface area contributed by atoms with E-state index in [4.69, 9.17) is 16.3 Å². The predicted octanol–water partition coefficient (Wildman–Crippen LogP) is 3.84. The summed E-state index contributed by atoms with van der Waals surface area (Å²) >= 11 is 6.06. The average molecular weight is 533 g/mol. The summed E-state index contributed by atoms with van der Waals surface area (Å²) in [6.45, 7) is 4.41. The van der Waals surface area contributed by atoms with Crippen molar-refractivity contribution in [1.29, 1.82) is 0 Å². The van der Waals surface area contributed by atoms with Crippen LogP contribution in [0.15, 0.2) is 53.5 Å². The van der Waals surface area contributed by atoms with Crippen molar-refractivity contribution in [2.45, 2.75) is 12.6 Å². The molecule has 2 aromatic rings. The van der Waals surface area contributed by atoms with Gasteiger partial charge in [-0.2, -0.15) is 0 Å². The van der Waals surface area contributed by atoms with Crippen molar-refractivity contribution in [3.63, 3.8) is 0 Å². The van der Waals surface area contributed by atoms with Gasteiger partial charge >= 0.3 is 0 Å². The summed E-state index contributed by atoms with van der Waals surface area (Å²) in [6, 6.07) is 14.7. The van der Waals surface area contributed by atoms with Gasteiger partial charge in [-0.1, -0.05) is 35.9 Å². The SMILES string of the molecule is CN=C(NCc1cccc(F)c1)NCC(c1ccc(Cl)cc1)N1CCOCC1.I. The molecular weight excluding hydrogens is 506 g/mol. The normalized spacial score (nSPS) is 16.0. The monoisotopic (exact) mass is 532 g/mol. The second kappa shape index (κ2) is 12.3. The van der Waals surface area contributed by atoms with Gasteiger partial charge in [0.05, 0.1) is 19.3 Å². The molecule has 0 amide bonds. The number of nitrogens with zero attached hydrogens (tertiary/aromatic N) is 2. The number of morpholine rings is 1. The summed E-state index contributed by atoms with van der Waals surface area (Å²) in [6.07, 6.45) is 0. The van der Waals surface area contributed by atoms with Gasteiger partial charge in [0.2, 0.25) is 0 Å². The molecule has 5 nitrogen and oxygen atoms in total. The summed E-state index contributed by atoms with van der Waals surface area (Å²) in [7, 11) is 1.73. The first-order chi connectivity index (χ1) is 13.7. The predicted molar refractivity (Wildman–Crippen MR) is 127 cm³/mol. The molecule has 2 aromatic carbocycles. The van der Waals surface area contributed by atoms with Gasteiger partial charge in [-0.05, 0) is 35.4 Å². The fourth-order valence-electron chi connectivity index (χ4n) is 3.28. The highest BCUT2D eigenvalue weighted by atomic mass is 127. The maximum absolute atomic E-state index is 13.4. The number of hydrogen-bond acceptors (Lipinski definition) is 3. The number of halogens is 3. The Hall–Kier alpha value is -1.42. The maximum Gasteiger partial charge on any atom is 0.191 e. The summed E-state index contributed by atoms with van der Waals surface area (Å²) in [5.74, 6) is 0.439. The Morgan fingerprint density at radius 3 is 2.55 bits per heavy atom. The van der Waals surface area contributed by atoms with E-state index < -0.39 is 0 Å². The van der Waals surface area contributed by atoms with Crippen LogP contribution >= 0.6 is 35.6 Å². The van der Waals surface area contributed by atoms with Gasteiger partial charge < -0.3 is 15.4 Å². The minimum Gasteiger partial charge on any atom is -0.379 e. The zero-order chi connectivity index (χ0) is 19.8. The minimum absolute atomic E-state index is 0. The Balaban J connectivity index is 0.00000300. The molecule has 1 atom stereocenters. The van der Waals surface area contributed by atoms with E-state index in [1.807, 2.05) is 18.2 Å². The number of ether oxygens (including phenoxy) is 1. The third-order valence-electron chi connectivity index (χ3n) is 4.78. The van der Waals surface area contributed by atoms with Gasteiger partial charge in [0, 0.05) is 38.2 Å². The second-order valence-corrected chi connectivity index (χ2v) is 7.09. The molecule has 1 saturated heterocycles. The van der Waals surface area contributed by atoms with E-state index in [-0.39, 0.29) is 35.8 Å². The fourth-order valence-corrected chi connectivity index (χ4v) is 3.40. The van der Waals surface area contributed by atoms with Crippen molar-refractivity contribution in [2.24, 2.45) is 4.99 Å². The lowest BCUT2D eigenvalue weighted by atomic mass is 10.0. The van der Waals surface area contributed by atoms with Crippen molar-refractivity contribution < 1.29 is 9.13 Å². The molecular formula is C21H27ClFIN4O. The first kappa shape index (κ1) is 23.9. The van der Waals surface area contributed by atoms with Crippen molar-refractivity contribution in [3.8, 4) is 0 Å². The first-order valence-corrected chi connectivity index (χ1v) is 9.80. The van der Waals surface area contributed by atoms with E-state index in [9.17, 15) is 4.39 Å². The van der Waals surface area contributed by atoms with E-state index in [2.05, 4.69) is 32.7 Å². The Labute approximate surface area is 193 Å². The standard InChI is InChI=1S/C21H26ClFN4O.HI/c1-24-21(25-14-16-3-2-4-19(23)13-16)26-15-20(27-9-11-28-12-10-27)17-5-7-18(22)8-6-17;/h2-8,13,20H,9-12,14-15H2,1H3,(H2,24,25,26);1H. The van der Waals surface area contributed by atoms with Crippen LogP contribution < -0.4 is 10.6 Å². The molecule has 8 heteroatoms. The summed E-state index contributed by atoms with van der Waals surface area (Å²) in [5.41, 5.74) is 2.06. The van der Waals surface area contributed by atoms with E-state index in [1.54, 1.807) is 13.1 Å². The Kier molecular flexibility index (Phi) is 10.1. The van der Waals surface area contributed by atoms with E-state index >= 15 is 0 Å². The van der Waals surface area contributed by atoms with Crippen LogP contribution in [0.5, 0.6) is 0 Å². The molecule has 158 valence electrons. The number of guanidine groups is 1. The van der Waals surface area contributed by atoms with Crippen molar-refractivity contribution in [1.82, 2.24) is 15.5 Å². The van der Waals surface area contributed by atoms with Gasteiger partial charge in [-0.15, -0.1) is 24.0 Å². The van der Waals surface area contributed by atoms with Crippen LogP contribution in [-0.2, 0) is 11.3 Å². The van der Waals surface area contributed by atoms with Gasteiger partial charge in [0.1, 0.15) is 5.82 Å². The highest BCUT2D eigenvalue weighted by Crippen LogP contribution is 2.23. The van der Waals surface area contributed by atoms with Gasteiger partial charge in [0.15, 0.2) is 5.96 Å². The molecule has 1 fully saturated rings. The molecule has 0 aliphatic carbocycles. The molecule has 1 aliphatic rings. The second-order valence-electron chi connectivity index (χ2n) is 6.65. The molecule has 29 heavy (non-hydrogen) atoms. The van der Waals surface area contributed by atoms with Crippen molar-refractivity contribution in [2.75, 3.05) is 39.9 Å². The topological polar surface area (TPSA) is 48.9 Å². The van der Waals surface area contributed by atoms with Gasteiger partial charge in [-0.25, -0.2) is 4.39 Å². The van der Waals surface area contributed by atoms with E-state index in [0.29, 0.717) is 19.0 Å². The first-order valence-electron chi connectivity index (χ1n) is 9.42. The zero-order valence-corrected chi connectivity index (χ0v) is 19.5. The van der Waals surface area contributed by atoms with Crippen LogP contribution in [0, 0.1) is 5.82 Å². The number of hydrogen-bond donors (Lipinski definition) is 2. The number of rotatable bonds is 6. The summed E-state index contributed by atoms with van der Waals surface area (Å²) < 4.78 is 18.8. The number of nitrogens with one attached hydrogen (secondary N) is 2. The molecule has 0 radical (unpaired) electrons. The van der Waals surface area contributed by atoms with Crippen LogP contribution in [0.4, 0.5) is 4.39 Å². The highest BCUT2D eigenvalue weighted by Gasteiger charge is 2.22. The lowest BCUT2D eigenvalue weighted by molar-refractivity contribution is 0.0170. The van der Waals surface area contributed by atoms with Crippen LogP contribution in [0.1, 0.15) is 17.2 Å². The Morgan fingerprint density at radius 1 is 1.17 bits per heavy atom. The molecule has 2 N–H and O–H groups in total. The molecule has 0 saturated carbocycles. The molecule has 0 aromatic heterocycles. The lowest BCUT2D eigenvalue weighted by Gasteiger charge is -2.35. The highest BCUT2D eigenvalue weighted by molar-refractivity contribution is 14.0. The van der Waals surface area contributed by atoms with Crippen LogP contribution in [0.2, 0.25) is 5.02 Å². The van der Waals surface area contributed by atoms with Crippen LogP contribution in [-0.4, -0.2) is 50.8 Å². The molecule has 1 unspecified atom stereocenters. The van der Waals surface area contributed by atoms with Crippen molar-refractivity contribution >= 4 is 41.5 Å². The molecule has 1 aliphatic heterocycles. The molecule has 3 rings (SSSR count). The molecule has 0 spiro atoms. The van der Waals surface area contributed by atoms with Crippen molar-refractivity contribution in [3.05, 3.63) is 70.5 Å². The third kappa shape index (κ3) is 7.40. The van der Waals surface area contributed by atoms with E-state index in [1.165, 1.54) is 17.7 Å². The smallest absolute Gasteiger partial charge is 0.191 e.